The van der Waals surface area contributed by atoms with Gasteiger partial charge in [-0.2, -0.15) is 0 Å². The van der Waals surface area contributed by atoms with Crippen molar-refractivity contribution in [3.8, 4) is 11.5 Å². The van der Waals surface area contributed by atoms with Gasteiger partial charge in [-0.3, -0.25) is 9.69 Å². The maximum Gasteiger partial charge on any atom is 0.251 e. The number of nitrogens with zero attached hydrogens (tertiary/aromatic N) is 1. The van der Waals surface area contributed by atoms with Crippen molar-refractivity contribution in [2.24, 2.45) is 0 Å². The van der Waals surface area contributed by atoms with E-state index in [-0.39, 0.29) is 17.8 Å². The van der Waals surface area contributed by atoms with E-state index in [1.165, 1.54) is 24.3 Å². The molecular weight excluding hydrogens is 371 g/mol. The molecule has 2 aliphatic rings. The molecule has 6 heteroatoms. The summed E-state index contributed by atoms with van der Waals surface area (Å²) in [6.45, 7) is 0.814. The van der Waals surface area contributed by atoms with E-state index in [1.807, 2.05) is 18.2 Å². The quantitative estimate of drug-likeness (QED) is 0.805. The van der Waals surface area contributed by atoms with Crippen LogP contribution in [-0.2, 0) is 6.54 Å². The Morgan fingerprint density at radius 1 is 1.07 bits per heavy atom. The Labute approximate surface area is 170 Å². The standard InChI is InChI=1S/C23H27FN2O3/c1-28-21-9-10-22(29-2)16(11-21)14-26-19-7-8-20(26)13-18(12-19)25-23(27)15-3-5-17(24)6-4-15/h3-6,9-11,18-20H,7-8,12-14H2,1-2H3,(H,25,27). The summed E-state index contributed by atoms with van der Waals surface area (Å²) in [7, 11) is 3.36. The number of methoxy groups -OCH3 is 2. The normalized spacial score (nSPS) is 23.6. The smallest absolute Gasteiger partial charge is 0.251 e. The zero-order valence-electron chi connectivity index (χ0n) is 16.9. The highest BCUT2D eigenvalue weighted by atomic mass is 19.1. The predicted octanol–water partition coefficient (Wildman–Crippen LogP) is 3.77. The Morgan fingerprint density at radius 3 is 2.38 bits per heavy atom. The molecule has 1 amide bonds. The van der Waals surface area contributed by atoms with Gasteiger partial charge in [0.05, 0.1) is 14.2 Å². The van der Waals surface area contributed by atoms with E-state index in [0.717, 1.165) is 49.3 Å². The summed E-state index contributed by atoms with van der Waals surface area (Å²) in [4.78, 5) is 15.0. The fraction of sp³-hybridized carbons (Fsp3) is 0.435. The third-order valence-corrected chi connectivity index (χ3v) is 6.17. The third-order valence-electron chi connectivity index (χ3n) is 6.17. The van der Waals surface area contributed by atoms with E-state index >= 15 is 0 Å². The number of ether oxygens (including phenoxy) is 2. The number of hydrogen-bond donors (Lipinski definition) is 1. The van der Waals surface area contributed by atoms with Crippen molar-refractivity contribution in [2.45, 2.75) is 50.4 Å². The minimum Gasteiger partial charge on any atom is -0.497 e. The molecule has 5 nitrogen and oxygen atoms in total. The number of nitrogens with one attached hydrogen (secondary N) is 1. The number of benzene rings is 2. The van der Waals surface area contributed by atoms with Crippen LogP contribution in [0.3, 0.4) is 0 Å². The Morgan fingerprint density at radius 2 is 1.76 bits per heavy atom. The molecule has 4 rings (SSSR count). The number of carbonyl (C=O) groups excluding carboxylic acids is 1. The second-order valence-corrected chi connectivity index (χ2v) is 7.88. The van der Waals surface area contributed by atoms with Crippen LogP contribution in [0.4, 0.5) is 4.39 Å². The first-order valence-electron chi connectivity index (χ1n) is 10.1. The van der Waals surface area contributed by atoms with Crippen LogP contribution >= 0.6 is 0 Å². The van der Waals surface area contributed by atoms with Gasteiger partial charge in [0.25, 0.3) is 5.91 Å². The zero-order valence-corrected chi connectivity index (χ0v) is 16.9. The molecule has 0 aromatic heterocycles. The van der Waals surface area contributed by atoms with Crippen molar-refractivity contribution < 1.29 is 18.7 Å². The molecule has 2 heterocycles. The second kappa shape index (κ2) is 8.41. The predicted molar refractivity (Wildman–Crippen MR) is 109 cm³/mol. The number of rotatable bonds is 6. The molecule has 1 N–H and O–H groups in total. The molecule has 2 aromatic rings. The monoisotopic (exact) mass is 398 g/mol. The molecule has 2 bridgehead atoms. The van der Waals surface area contributed by atoms with Crippen LogP contribution in [0.2, 0.25) is 0 Å². The summed E-state index contributed by atoms with van der Waals surface area (Å²) in [6.07, 6.45) is 4.13. The highest BCUT2D eigenvalue weighted by molar-refractivity contribution is 5.94. The Hall–Kier alpha value is -2.60. The van der Waals surface area contributed by atoms with Crippen molar-refractivity contribution in [3.05, 3.63) is 59.4 Å². The molecule has 0 radical (unpaired) electrons. The summed E-state index contributed by atoms with van der Waals surface area (Å²) in [5, 5.41) is 3.15. The maximum atomic E-state index is 13.1. The van der Waals surface area contributed by atoms with E-state index in [9.17, 15) is 9.18 Å². The molecule has 2 saturated heterocycles. The molecule has 2 atom stereocenters. The van der Waals surface area contributed by atoms with Crippen molar-refractivity contribution in [3.63, 3.8) is 0 Å². The van der Waals surface area contributed by atoms with Gasteiger partial charge in [-0.05, 0) is 68.1 Å². The summed E-state index contributed by atoms with van der Waals surface area (Å²) < 4.78 is 24.0. The van der Waals surface area contributed by atoms with Gasteiger partial charge in [0, 0.05) is 35.8 Å². The zero-order chi connectivity index (χ0) is 20.4. The molecule has 2 aliphatic heterocycles. The maximum absolute atomic E-state index is 13.1. The minimum absolute atomic E-state index is 0.127. The van der Waals surface area contributed by atoms with Gasteiger partial charge in [0.15, 0.2) is 0 Å². The second-order valence-electron chi connectivity index (χ2n) is 7.88. The van der Waals surface area contributed by atoms with E-state index < -0.39 is 0 Å². The van der Waals surface area contributed by atoms with Crippen LogP contribution < -0.4 is 14.8 Å². The van der Waals surface area contributed by atoms with Crippen LogP contribution in [-0.4, -0.2) is 43.2 Å². The Bertz CT molecular complexity index is 857. The number of carbonyl (C=O) groups is 1. The van der Waals surface area contributed by atoms with Crippen LogP contribution in [0, 0.1) is 5.82 Å². The van der Waals surface area contributed by atoms with Crippen molar-refractivity contribution in [2.75, 3.05) is 14.2 Å². The lowest BCUT2D eigenvalue weighted by Gasteiger charge is -2.39. The molecular formula is C23H27FN2O3. The van der Waals surface area contributed by atoms with Gasteiger partial charge in [-0.25, -0.2) is 4.39 Å². The van der Waals surface area contributed by atoms with Crippen LogP contribution in [0.1, 0.15) is 41.6 Å². The van der Waals surface area contributed by atoms with Crippen LogP contribution in [0.25, 0.3) is 0 Å². The summed E-state index contributed by atoms with van der Waals surface area (Å²) in [5.41, 5.74) is 1.62. The first-order valence-corrected chi connectivity index (χ1v) is 10.1. The minimum atomic E-state index is -0.333. The first-order chi connectivity index (χ1) is 14.1. The number of fused-ring (bicyclic) bond motifs is 2. The van der Waals surface area contributed by atoms with Crippen molar-refractivity contribution in [1.29, 1.82) is 0 Å². The Kier molecular flexibility index (Phi) is 5.72. The van der Waals surface area contributed by atoms with E-state index in [2.05, 4.69) is 10.2 Å². The number of hydrogen-bond acceptors (Lipinski definition) is 4. The first kappa shape index (κ1) is 19.7. The lowest BCUT2D eigenvalue weighted by molar-refractivity contribution is 0.0825. The molecule has 0 saturated carbocycles. The fourth-order valence-corrected chi connectivity index (χ4v) is 4.72. The fourth-order valence-electron chi connectivity index (χ4n) is 4.72. The number of piperidine rings is 1. The molecule has 154 valence electrons. The molecule has 0 aliphatic carbocycles. The summed E-state index contributed by atoms with van der Waals surface area (Å²) >= 11 is 0. The molecule has 2 fully saturated rings. The largest absolute Gasteiger partial charge is 0.497 e. The molecule has 0 spiro atoms. The average molecular weight is 398 g/mol. The topological polar surface area (TPSA) is 50.8 Å². The van der Waals surface area contributed by atoms with Crippen molar-refractivity contribution in [1.82, 2.24) is 10.2 Å². The molecule has 2 aromatic carbocycles. The van der Waals surface area contributed by atoms with Gasteiger partial charge >= 0.3 is 0 Å². The van der Waals surface area contributed by atoms with E-state index in [0.29, 0.717) is 17.6 Å². The third kappa shape index (κ3) is 4.22. The van der Waals surface area contributed by atoms with E-state index in [4.69, 9.17) is 9.47 Å². The highest BCUT2D eigenvalue weighted by Gasteiger charge is 2.41. The number of halogens is 1. The summed E-state index contributed by atoms with van der Waals surface area (Å²) in [6, 6.07) is 12.6. The van der Waals surface area contributed by atoms with Gasteiger partial charge in [0.1, 0.15) is 17.3 Å². The molecule has 29 heavy (non-hydrogen) atoms. The van der Waals surface area contributed by atoms with Crippen LogP contribution in [0.5, 0.6) is 11.5 Å². The lowest BCUT2D eigenvalue weighted by Crippen LogP contribution is -2.50. The average Bonchev–Trinajstić information content (AvgIpc) is 2.96. The summed E-state index contributed by atoms with van der Waals surface area (Å²) in [5.74, 6) is 1.24. The van der Waals surface area contributed by atoms with Gasteiger partial charge < -0.3 is 14.8 Å². The van der Waals surface area contributed by atoms with Gasteiger partial charge in [-0.1, -0.05) is 0 Å². The van der Waals surface area contributed by atoms with Gasteiger partial charge in [-0.15, -0.1) is 0 Å². The number of amides is 1. The Balaban J connectivity index is 1.42. The van der Waals surface area contributed by atoms with Gasteiger partial charge in [0.2, 0.25) is 0 Å². The highest BCUT2D eigenvalue weighted by Crippen LogP contribution is 2.38. The van der Waals surface area contributed by atoms with Crippen LogP contribution in [0.15, 0.2) is 42.5 Å². The molecule has 2 unspecified atom stereocenters. The lowest BCUT2D eigenvalue weighted by atomic mass is 9.96. The SMILES string of the molecule is COc1ccc(OC)c(CN2C3CCC2CC(NC(=O)c2ccc(F)cc2)C3)c1. The van der Waals surface area contributed by atoms with Crippen molar-refractivity contribution >= 4 is 5.91 Å². The van der Waals surface area contributed by atoms with E-state index in [1.54, 1.807) is 14.2 Å².